The topological polar surface area (TPSA) is 37.4 Å². The lowest BCUT2D eigenvalue weighted by Gasteiger charge is -2.17. The maximum Gasteiger partial charge on any atom is 0.185 e. The van der Waals surface area contributed by atoms with Crippen LogP contribution in [0.3, 0.4) is 0 Å². The summed E-state index contributed by atoms with van der Waals surface area (Å²) in [6.45, 7) is 1.73. The summed E-state index contributed by atoms with van der Waals surface area (Å²) in [6.07, 6.45) is 4.62. The molecule has 1 heterocycles. The summed E-state index contributed by atoms with van der Waals surface area (Å²) in [6, 6.07) is 8.86. The number of aromatic nitrogens is 1. The van der Waals surface area contributed by atoms with Crippen molar-refractivity contribution in [3.63, 3.8) is 0 Å². The predicted octanol–water partition coefficient (Wildman–Crippen LogP) is 3.04. The Morgan fingerprint density at radius 1 is 1.38 bits per heavy atom. The van der Waals surface area contributed by atoms with Crippen molar-refractivity contribution in [1.29, 1.82) is 0 Å². The third-order valence-electron chi connectivity index (χ3n) is 3.61. The van der Waals surface area contributed by atoms with Gasteiger partial charge < -0.3 is 15.0 Å². The van der Waals surface area contributed by atoms with Crippen LogP contribution in [0.25, 0.3) is 0 Å². The first-order chi connectivity index (χ1) is 10.3. The van der Waals surface area contributed by atoms with Gasteiger partial charge in [-0.05, 0) is 18.9 Å². The first kappa shape index (κ1) is 14.4. The highest BCUT2D eigenvalue weighted by Gasteiger charge is 2.20. The van der Waals surface area contributed by atoms with Crippen molar-refractivity contribution < 1.29 is 4.74 Å². The second kappa shape index (κ2) is 6.45. The van der Waals surface area contributed by atoms with E-state index in [4.69, 9.17) is 4.74 Å². The number of thiazole rings is 1. The van der Waals surface area contributed by atoms with Crippen molar-refractivity contribution in [2.45, 2.75) is 32.0 Å². The predicted molar refractivity (Wildman–Crippen MR) is 87.1 cm³/mol. The van der Waals surface area contributed by atoms with Gasteiger partial charge >= 0.3 is 0 Å². The fourth-order valence-corrected chi connectivity index (χ4v) is 3.07. The van der Waals surface area contributed by atoms with Crippen LogP contribution in [0.2, 0.25) is 0 Å². The van der Waals surface area contributed by atoms with Crippen molar-refractivity contribution >= 4 is 16.5 Å². The molecule has 0 radical (unpaired) electrons. The second-order valence-electron chi connectivity index (χ2n) is 5.43. The van der Waals surface area contributed by atoms with E-state index in [-0.39, 0.29) is 0 Å². The number of rotatable bonds is 7. The molecule has 0 saturated heterocycles. The molecule has 1 aromatic carbocycles. The normalized spacial score (nSPS) is 14.2. The lowest BCUT2D eigenvalue weighted by atomic mass is 10.2. The standard InChI is InChI=1S/C16H21N3OS/c1-19(11-12-5-3-4-6-15(12)20-2)16-18-10-14(21-16)9-17-13-7-8-13/h3-6,10,13,17H,7-9,11H2,1-2H3. The molecule has 3 rings (SSSR count). The zero-order valence-corrected chi connectivity index (χ0v) is 13.3. The van der Waals surface area contributed by atoms with Gasteiger partial charge in [-0.3, -0.25) is 0 Å². The number of methoxy groups -OCH3 is 1. The van der Waals surface area contributed by atoms with E-state index in [0.717, 1.165) is 30.0 Å². The van der Waals surface area contributed by atoms with Crippen molar-refractivity contribution in [2.75, 3.05) is 19.1 Å². The van der Waals surface area contributed by atoms with E-state index in [2.05, 4.69) is 28.3 Å². The Hall–Kier alpha value is -1.59. The average Bonchev–Trinajstić information content (AvgIpc) is 3.22. The van der Waals surface area contributed by atoms with E-state index in [1.807, 2.05) is 24.4 Å². The van der Waals surface area contributed by atoms with Gasteiger partial charge in [-0.25, -0.2) is 4.98 Å². The van der Waals surface area contributed by atoms with Crippen LogP contribution in [-0.4, -0.2) is 25.2 Å². The van der Waals surface area contributed by atoms with E-state index in [0.29, 0.717) is 0 Å². The molecular formula is C16H21N3OS. The van der Waals surface area contributed by atoms with Gasteiger partial charge in [0.25, 0.3) is 0 Å². The molecule has 1 N–H and O–H groups in total. The molecule has 4 nitrogen and oxygen atoms in total. The van der Waals surface area contributed by atoms with Gasteiger partial charge in [-0.2, -0.15) is 0 Å². The Morgan fingerprint density at radius 3 is 2.95 bits per heavy atom. The van der Waals surface area contributed by atoms with Crippen molar-refractivity contribution in [1.82, 2.24) is 10.3 Å². The monoisotopic (exact) mass is 303 g/mol. The Labute approximate surface area is 129 Å². The van der Waals surface area contributed by atoms with E-state index in [9.17, 15) is 0 Å². The zero-order chi connectivity index (χ0) is 14.7. The van der Waals surface area contributed by atoms with Gasteiger partial charge in [0, 0.05) is 42.8 Å². The smallest absolute Gasteiger partial charge is 0.185 e. The third-order valence-corrected chi connectivity index (χ3v) is 4.72. The number of benzene rings is 1. The molecule has 1 aromatic heterocycles. The molecule has 0 amide bonds. The summed E-state index contributed by atoms with van der Waals surface area (Å²) < 4.78 is 5.41. The molecule has 0 aliphatic heterocycles. The fourth-order valence-electron chi connectivity index (χ4n) is 2.24. The van der Waals surface area contributed by atoms with Crippen LogP contribution in [0.4, 0.5) is 5.13 Å². The number of hydrogen-bond donors (Lipinski definition) is 1. The first-order valence-corrected chi connectivity index (χ1v) is 8.09. The number of para-hydroxylation sites is 1. The lowest BCUT2D eigenvalue weighted by Crippen LogP contribution is -2.16. The molecule has 0 atom stereocenters. The van der Waals surface area contributed by atoms with E-state index in [1.54, 1.807) is 18.4 Å². The van der Waals surface area contributed by atoms with Gasteiger partial charge in [0.15, 0.2) is 5.13 Å². The summed E-state index contributed by atoms with van der Waals surface area (Å²) in [5.41, 5.74) is 1.18. The average molecular weight is 303 g/mol. The fraction of sp³-hybridized carbons (Fsp3) is 0.438. The molecule has 0 spiro atoms. The van der Waals surface area contributed by atoms with Crippen LogP contribution in [0.5, 0.6) is 5.75 Å². The Morgan fingerprint density at radius 2 is 2.19 bits per heavy atom. The zero-order valence-electron chi connectivity index (χ0n) is 12.5. The van der Waals surface area contributed by atoms with Gasteiger partial charge in [0.2, 0.25) is 0 Å². The molecule has 21 heavy (non-hydrogen) atoms. The molecule has 2 aromatic rings. The minimum absolute atomic E-state index is 0.738. The summed E-state index contributed by atoms with van der Waals surface area (Å²) in [5, 5.41) is 4.57. The molecule has 1 aliphatic carbocycles. The quantitative estimate of drug-likeness (QED) is 0.853. The summed E-state index contributed by atoms with van der Waals surface area (Å²) in [5.74, 6) is 0.927. The Kier molecular flexibility index (Phi) is 4.41. The number of ether oxygens (including phenoxy) is 1. The highest BCUT2D eigenvalue weighted by atomic mass is 32.1. The summed E-state index contributed by atoms with van der Waals surface area (Å²) in [7, 11) is 3.78. The molecule has 1 saturated carbocycles. The van der Waals surface area contributed by atoms with E-state index in [1.165, 1.54) is 23.3 Å². The van der Waals surface area contributed by atoms with E-state index < -0.39 is 0 Å². The molecule has 0 unspecified atom stereocenters. The molecule has 5 heteroatoms. The largest absolute Gasteiger partial charge is 0.496 e. The Balaban J connectivity index is 1.62. The lowest BCUT2D eigenvalue weighted by molar-refractivity contribution is 0.409. The van der Waals surface area contributed by atoms with Crippen molar-refractivity contribution in [3.05, 3.63) is 40.9 Å². The van der Waals surface area contributed by atoms with Crippen LogP contribution < -0.4 is 15.0 Å². The molecule has 0 bridgehead atoms. The van der Waals surface area contributed by atoms with Crippen LogP contribution in [0, 0.1) is 0 Å². The molecular weight excluding hydrogens is 282 g/mol. The van der Waals surface area contributed by atoms with Crippen LogP contribution in [0.1, 0.15) is 23.3 Å². The number of hydrogen-bond acceptors (Lipinski definition) is 5. The van der Waals surface area contributed by atoms with Gasteiger partial charge in [-0.1, -0.05) is 18.2 Å². The second-order valence-corrected chi connectivity index (χ2v) is 6.53. The van der Waals surface area contributed by atoms with E-state index >= 15 is 0 Å². The highest BCUT2D eigenvalue weighted by molar-refractivity contribution is 7.15. The Bertz CT molecular complexity index is 595. The van der Waals surface area contributed by atoms with Crippen molar-refractivity contribution in [2.24, 2.45) is 0 Å². The van der Waals surface area contributed by atoms with Crippen LogP contribution in [0.15, 0.2) is 30.5 Å². The van der Waals surface area contributed by atoms with Gasteiger partial charge in [0.1, 0.15) is 5.75 Å². The maximum absolute atomic E-state index is 5.41. The number of nitrogens with zero attached hydrogens (tertiary/aromatic N) is 2. The first-order valence-electron chi connectivity index (χ1n) is 7.27. The van der Waals surface area contributed by atoms with Crippen molar-refractivity contribution in [3.8, 4) is 5.75 Å². The minimum Gasteiger partial charge on any atom is -0.496 e. The number of nitrogens with one attached hydrogen (secondary N) is 1. The van der Waals surface area contributed by atoms with Crippen LogP contribution in [-0.2, 0) is 13.1 Å². The van der Waals surface area contributed by atoms with Gasteiger partial charge in [0.05, 0.1) is 7.11 Å². The highest BCUT2D eigenvalue weighted by Crippen LogP contribution is 2.26. The maximum atomic E-state index is 5.41. The summed E-state index contributed by atoms with van der Waals surface area (Å²) in [4.78, 5) is 7.99. The molecule has 1 fully saturated rings. The molecule has 1 aliphatic rings. The number of anilines is 1. The van der Waals surface area contributed by atoms with Gasteiger partial charge in [-0.15, -0.1) is 11.3 Å². The molecule has 112 valence electrons. The summed E-state index contributed by atoms with van der Waals surface area (Å²) >= 11 is 1.75. The van der Waals surface area contributed by atoms with Crippen LogP contribution >= 0.6 is 11.3 Å². The minimum atomic E-state index is 0.738. The third kappa shape index (κ3) is 3.74. The SMILES string of the molecule is COc1ccccc1CN(C)c1ncc(CNC2CC2)s1.